The van der Waals surface area contributed by atoms with Crippen molar-refractivity contribution in [2.45, 2.75) is 13.8 Å². The van der Waals surface area contributed by atoms with E-state index in [2.05, 4.69) is 0 Å². The lowest BCUT2D eigenvalue weighted by molar-refractivity contribution is 0.0729. The van der Waals surface area contributed by atoms with Gasteiger partial charge in [-0.05, 0) is 49.7 Å². The van der Waals surface area contributed by atoms with Crippen LogP contribution in [0.1, 0.15) is 22.8 Å². The summed E-state index contributed by atoms with van der Waals surface area (Å²) in [5, 5.41) is 0.608. The molecule has 0 atom stereocenters. The van der Waals surface area contributed by atoms with Gasteiger partial charge in [0.1, 0.15) is 17.1 Å². The highest BCUT2D eigenvalue weighted by molar-refractivity contribution is 6.30. The number of halogens is 1. The minimum Gasteiger partial charge on any atom is -0.493 e. The van der Waals surface area contributed by atoms with Crippen LogP contribution in [0, 0.1) is 6.92 Å². The van der Waals surface area contributed by atoms with E-state index in [1.807, 2.05) is 19.9 Å². The highest BCUT2D eigenvalue weighted by atomic mass is 35.5. The summed E-state index contributed by atoms with van der Waals surface area (Å²) >= 11 is 5.88. The maximum absolute atomic E-state index is 12.2. The summed E-state index contributed by atoms with van der Waals surface area (Å²) in [6.45, 7) is 4.19. The molecule has 0 radical (unpaired) electrons. The van der Waals surface area contributed by atoms with Gasteiger partial charge in [0.05, 0.1) is 6.61 Å². The summed E-state index contributed by atoms with van der Waals surface area (Å²) < 4.78 is 10.8. The van der Waals surface area contributed by atoms with Crippen LogP contribution in [0.4, 0.5) is 0 Å². The van der Waals surface area contributed by atoms with Gasteiger partial charge in [-0.15, -0.1) is 0 Å². The number of hydrogen-bond donors (Lipinski definition) is 0. The third-order valence-corrected chi connectivity index (χ3v) is 2.98. The van der Waals surface area contributed by atoms with Crippen LogP contribution in [0.2, 0.25) is 5.02 Å². The molecule has 2 rings (SSSR count). The zero-order valence-electron chi connectivity index (χ0n) is 11.4. The number of esters is 1. The summed E-state index contributed by atoms with van der Waals surface area (Å²) in [5.41, 5.74) is 1.21. The van der Waals surface area contributed by atoms with Crippen LogP contribution in [0.15, 0.2) is 42.5 Å². The number of hydrogen-bond acceptors (Lipinski definition) is 3. The molecule has 0 aliphatic rings. The zero-order valence-corrected chi connectivity index (χ0v) is 12.1. The Balaban J connectivity index is 2.24. The molecular weight excluding hydrogens is 276 g/mol. The van der Waals surface area contributed by atoms with Crippen molar-refractivity contribution in [1.29, 1.82) is 0 Å². The number of ether oxygens (including phenoxy) is 2. The number of benzene rings is 2. The van der Waals surface area contributed by atoms with Crippen molar-refractivity contribution in [3.05, 3.63) is 58.6 Å². The Kier molecular flexibility index (Phi) is 4.64. The normalized spacial score (nSPS) is 10.2. The number of carbonyl (C=O) groups excluding carboxylic acids is 1. The fourth-order valence-electron chi connectivity index (χ4n) is 1.80. The van der Waals surface area contributed by atoms with E-state index in [-0.39, 0.29) is 0 Å². The quantitative estimate of drug-likeness (QED) is 0.623. The highest BCUT2D eigenvalue weighted by Gasteiger charge is 2.15. The lowest BCUT2D eigenvalue weighted by Gasteiger charge is -2.11. The molecule has 0 spiro atoms. The molecule has 20 heavy (non-hydrogen) atoms. The van der Waals surface area contributed by atoms with E-state index >= 15 is 0 Å². The van der Waals surface area contributed by atoms with Gasteiger partial charge in [0, 0.05) is 5.02 Å². The molecule has 0 fully saturated rings. The molecule has 4 heteroatoms. The smallest absolute Gasteiger partial charge is 0.347 e. The minimum atomic E-state index is -0.445. The molecule has 104 valence electrons. The topological polar surface area (TPSA) is 35.5 Å². The molecule has 0 aliphatic heterocycles. The van der Waals surface area contributed by atoms with Gasteiger partial charge in [-0.3, -0.25) is 0 Å². The van der Waals surface area contributed by atoms with E-state index in [4.69, 9.17) is 21.1 Å². The molecule has 0 aliphatic carbocycles. The molecule has 0 unspecified atom stereocenters. The summed E-state index contributed by atoms with van der Waals surface area (Å²) in [7, 11) is 0. The Hall–Kier alpha value is -2.00. The average Bonchev–Trinajstić information content (AvgIpc) is 2.43. The fourth-order valence-corrected chi connectivity index (χ4v) is 2.03. The molecule has 0 saturated carbocycles. The van der Waals surface area contributed by atoms with Crippen LogP contribution in [0.25, 0.3) is 0 Å². The molecule has 0 bridgehead atoms. The number of para-hydroxylation sites is 1. The maximum atomic E-state index is 12.2. The summed E-state index contributed by atoms with van der Waals surface area (Å²) in [4.78, 5) is 12.2. The first kappa shape index (κ1) is 14.4. The van der Waals surface area contributed by atoms with Crippen molar-refractivity contribution < 1.29 is 14.3 Å². The lowest BCUT2D eigenvalue weighted by atomic mass is 10.2. The molecule has 0 aromatic heterocycles. The molecule has 3 nitrogen and oxygen atoms in total. The van der Waals surface area contributed by atoms with Gasteiger partial charge in [-0.25, -0.2) is 4.79 Å². The molecule has 2 aromatic rings. The van der Waals surface area contributed by atoms with E-state index in [1.165, 1.54) is 0 Å². The highest BCUT2D eigenvalue weighted by Crippen LogP contribution is 2.25. The van der Waals surface area contributed by atoms with Gasteiger partial charge in [0.25, 0.3) is 0 Å². The molecule has 0 saturated heterocycles. The fraction of sp³-hybridized carbons (Fsp3) is 0.188. The molecule has 2 aromatic carbocycles. The lowest BCUT2D eigenvalue weighted by Crippen LogP contribution is -2.11. The van der Waals surface area contributed by atoms with Gasteiger partial charge in [-0.1, -0.05) is 23.7 Å². The molecular formula is C16H15ClO3. The van der Waals surface area contributed by atoms with Crippen molar-refractivity contribution in [1.82, 2.24) is 0 Å². The van der Waals surface area contributed by atoms with Crippen LogP contribution < -0.4 is 9.47 Å². The van der Waals surface area contributed by atoms with Crippen molar-refractivity contribution >= 4 is 17.6 Å². The van der Waals surface area contributed by atoms with Crippen LogP contribution in [-0.2, 0) is 0 Å². The Morgan fingerprint density at radius 2 is 1.90 bits per heavy atom. The van der Waals surface area contributed by atoms with E-state index in [0.29, 0.717) is 28.7 Å². The molecule has 0 amide bonds. The van der Waals surface area contributed by atoms with Crippen molar-refractivity contribution in [2.24, 2.45) is 0 Å². The van der Waals surface area contributed by atoms with Gasteiger partial charge >= 0.3 is 5.97 Å². The van der Waals surface area contributed by atoms with Gasteiger partial charge in [0.15, 0.2) is 0 Å². The summed E-state index contributed by atoms with van der Waals surface area (Å²) in [6.07, 6.45) is 0. The Labute approximate surface area is 123 Å². The monoisotopic (exact) mass is 290 g/mol. The van der Waals surface area contributed by atoms with Gasteiger partial charge in [0.2, 0.25) is 0 Å². The van der Waals surface area contributed by atoms with E-state index in [9.17, 15) is 4.79 Å². The number of carbonyl (C=O) groups is 1. The Morgan fingerprint density at radius 1 is 1.15 bits per heavy atom. The van der Waals surface area contributed by atoms with Crippen LogP contribution in [-0.4, -0.2) is 12.6 Å². The second-order valence-electron chi connectivity index (χ2n) is 4.23. The first-order valence-electron chi connectivity index (χ1n) is 6.32. The van der Waals surface area contributed by atoms with Crippen LogP contribution in [0.3, 0.4) is 0 Å². The number of aryl methyl sites for hydroxylation is 1. The predicted octanol–water partition coefficient (Wildman–Crippen LogP) is 4.27. The second-order valence-corrected chi connectivity index (χ2v) is 4.66. The minimum absolute atomic E-state index is 0.406. The zero-order chi connectivity index (χ0) is 14.5. The SMILES string of the molecule is CCOc1ccccc1C(=O)Oc1ccc(Cl)cc1C. The van der Waals surface area contributed by atoms with Gasteiger partial charge in [-0.2, -0.15) is 0 Å². The Morgan fingerprint density at radius 3 is 2.60 bits per heavy atom. The van der Waals surface area contributed by atoms with E-state index in [1.54, 1.807) is 36.4 Å². The Bertz CT molecular complexity index is 623. The van der Waals surface area contributed by atoms with Crippen molar-refractivity contribution in [3.8, 4) is 11.5 Å². The molecule has 0 N–H and O–H groups in total. The first-order chi connectivity index (χ1) is 9.61. The summed E-state index contributed by atoms with van der Waals surface area (Å²) in [5.74, 6) is 0.566. The molecule has 0 heterocycles. The van der Waals surface area contributed by atoms with E-state index in [0.717, 1.165) is 5.56 Å². The first-order valence-corrected chi connectivity index (χ1v) is 6.69. The third kappa shape index (κ3) is 3.31. The van der Waals surface area contributed by atoms with Gasteiger partial charge < -0.3 is 9.47 Å². The largest absolute Gasteiger partial charge is 0.493 e. The maximum Gasteiger partial charge on any atom is 0.347 e. The number of rotatable bonds is 4. The van der Waals surface area contributed by atoms with Crippen molar-refractivity contribution in [3.63, 3.8) is 0 Å². The third-order valence-electron chi connectivity index (χ3n) is 2.75. The van der Waals surface area contributed by atoms with E-state index < -0.39 is 5.97 Å². The predicted molar refractivity (Wildman–Crippen MR) is 78.8 cm³/mol. The van der Waals surface area contributed by atoms with Crippen LogP contribution in [0.5, 0.6) is 11.5 Å². The average molecular weight is 291 g/mol. The summed E-state index contributed by atoms with van der Waals surface area (Å²) in [6, 6.07) is 12.1. The van der Waals surface area contributed by atoms with Crippen LogP contribution >= 0.6 is 11.6 Å². The second kappa shape index (κ2) is 6.44. The standard InChI is InChI=1S/C16H15ClO3/c1-3-19-15-7-5-4-6-13(15)16(18)20-14-9-8-12(17)10-11(14)2/h4-10H,3H2,1-2H3. The van der Waals surface area contributed by atoms with Crippen molar-refractivity contribution in [2.75, 3.05) is 6.61 Å².